The van der Waals surface area contributed by atoms with Crippen LogP contribution < -0.4 is 0 Å². The maximum atomic E-state index is 11.0. The lowest BCUT2D eigenvalue weighted by Gasteiger charge is -2.08. The summed E-state index contributed by atoms with van der Waals surface area (Å²) in [6.45, 7) is 0. The van der Waals surface area contributed by atoms with E-state index in [2.05, 4.69) is 0 Å². The molecule has 0 aliphatic heterocycles. The molecule has 0 heterocycles. The Morgan fingerprint density at radius 1 is 1.06 bits per heavy atom. The Balaban J connectivity index is 2.61. The highest BCUT2D eigenvalue weighted by atomic mass is 32.2. The van der Waals surface area contributed by atoms with Crippen LogP contribution in [-0.4, -0.2) is 13.7 Å². The van der Waals surface area contributed by atoms with Crippen molar-refractivity contribution in [2.24, 2.45) is 0 Å². The molecule has 0 radical (unpaired) electrons. The first-order valence-corrected chi connectivity index (χ1v) is 6.10. The molecule has 0 fully saturated rings. The molecule has 0 saturated carbocycles. The molecular weight excluding hydrogens is 254 g/mol. The standard InChI is InChI=1S/C12H9NO4S/c14-13(15)12-8-10(18(16)17)6-7-11(12)9-4-2-1-3-5-9/h1-8H,(H,16,17)/p-1. The first-order chi connectivity index (χ1) is 8.59. The number of nitro benzene ring substituents is 1. The van der Waals surface area contributed by atoms with Crippen LogP contribution in [0.2, 0.25) is 0 Å². The number of benzene rings is 2. The predicted molar refractivity (Wildman–Crippen MR) is 65.7 cm³/mol. The summed E-state index contributed by atoms with van der Waals surface area (Å²) in [7, 11) is 0. The number of hydrogen-bond donors (Lipinski definition) is 0. The fourth-order valence-corrected chi connectivity index (χ4v) is 2.02. The van der Waals surface area contributed by atoms with E-state index in [1.54, 1.807) is 30.3 Å². The molecule has 0 amide bonds. The lowest BCUT2D eigenvalue weighted by molar-refractivity contribution is -0.384. The van der Waals surface area contributed by atoms with Crippen LogP contribution in [0.1, 0.15) is 0 Å². The minimum absolute atomic E-state index is 0.0959. The van der Waals surface area contributed by atoms with Crippen LogP contribution in [0.5, 0.6) is 0 Å². The van der Waals surface area contributed by atoms with Crippen LogP contribution in [0, 0.1) is 10.1 Å². The van der Waals surface area contributed by atoms with E-state index < -0.39 is 16.0 Å². The Morgan fingerprint density at radius 2 is 1.72 bits per heavy atom. The van der Waals surface area contributed by atoms with E-state index in [4.69, 9.17) is 0 Å². The zero-order valence-corrected chi connectivity index (χ0v) is 9.92. The SMILES string of the molecule is O=[N+]([O-])c1cc(S(=O)[O-])ccc1-c1ccccc1. The number of nitrogens with zero attached hydrogens (tertiary/aromatic N) is 1. The summed E-state index contributed by atoms with van der Waals surface area (Å²) in [6, 6.07) is 12.6. The fourth-order valence-electron chi connectivity index (χ4n) is 1.63. The van der Waals surface area contributed by atoms with Crippen molar-refractivity contribution in [2.45, 2.75) is 4.90 Å². The molecule has 18 heavy (non-hydrogen) atoms. The second-order valence-electron chi connectivity index (χ2n) is 3.54. The van der Waals surface area contributed by atoms with Crippen LogP contribution in [-0.2, 0) is 11.1 Å². The molecule has 0 N–H and O–H groups in total. The maximum absolute atomic E-state index is 11.0. The molecule has 2 aromatic carbocycles. The topological polar surface area (TPSA) is 83.3 Å². The zero-order valence-electron chi connectivity index (χ0n) is 9.11. The van der Waals surface area contributed by atoms with Gasteiger partial charge in [0.2, 0.25) is 0 Å². The summed E-state index contributed by atoms with van der Waals surface area (Å²) in [4.78, 5) is 10.3. The van der Waals surface area contributed by atoms with Crippen molar-refractivity contribution in [3.63, 3.8) is 0 Å². The number of hydrogen-bond acceptors (Lipinski definition) is 4. The third-order valence-corrected chi connectivity index (χ3v) is 3.08. The van der Waals surface area contributed by atoms with Gasteiger partial charge >= 0.3 is 0 Å². The van der Waals surface area contributed by atoms with E-state index in [1.807, 2.05) is 0 Å². The van der Waals surface area contributed by atoms with Gasteiger partial charge in [0.15, 0.2) is 0 Å². The smallest absolute Gasteiger partial charge is 0.278 e. The van der Waals surface area contributed by atoms with Crippen molar-refractivity contribution in [1.29, 1.82) is 0 Å². The number of nitro groups is 1. The lowest BCUT2D eigenvalue weighted by atomic mass is 10.0. The van der Waals surface area contributed by atoms with Gasteiger partial charge in [0.1, 0.15) is 0 Å². The average molecular weight is 262 g/mol. The summed E-state index contributed by atoms with van der Waals surface area (Å²) in [6.07, 6.45) is 0. The highest BCUT2D eigenvalue weighted by Crippen LogP contribution is 2.31. The van der Waals surface area contributed by atoms with Gasteiger partial charge in [0.25, 0.3) is 5.69 Å². The molecule has 1 unspecified atom stereocenters. The van der Waals surface area contributed by atoms with Crippen molar-refractivity contribution >= 4 is 16.8 Å². The highest BCUT2D eigenvalue weighted by molar-refractivity contribution is 7.79. The minimum Gasteiger partial charge on any atom is -0.768 e. The molecule has 1 atom stereocenters. The van der Waals surface area contributed by atoms with Gasteiger partial charge in [-0.1, -0.05) is 30.3 Å². The molecule has 2 rings (SSSR count). The monoisotopic (exact) mass is 262 g/mol. The molecule has 2 aromatic rings. The van der Waals surface area contributed by atoms with Crippen molar-refractivity contribution in [3.05, 3.63) is 58.6 Å². The van der Waals surface area contributed by atoms with Crippen LogP contribution in [0.25, 0.3) is 11.1 Å². The summed E-state index contributed by atoms with van der Waals surface area (Å²) in [5.74, 6) is 0. The van der Waals surface area contributed by atoms with Gasteiger partial charge in [0.05, 0.1) is 10.5 Å². The molecule has 6 heteroatoms. The second kappa shape index (κ2) is 5.07. The van der Waals surface area contributed by atoms with Gasteiger partial charge in [-0.3, -0.25) is 14.3 Å². The quantitative estimate of drug-likeness (QED) is 0.483. The Kier molecular flexibility index (Phi) is 3.50. The molecule has 0 aliphatic carbocycles. The Morgan fingerprint density at radius 3 is 2.28 bits per heavy atom. The van der Waals surface area contributed by atoms with E-state index in [-0.39, 0.29) is 10.6 Å². The summed E-state index contributed by atoms with van der Waals surface area (Å²) < 4.78 is 21.6. The van der Waals surface area contributed by atoms with Gasteiger partial charge in [0, 0.05) is 11.0 Å². The van der Waals surface area contributed by atoms with Gasteiger partial charge < -0.3 is 4.55 Å². The van der Waals surface area contributed by atoms with Crippen LogP contribution in [0.3, 0.4) is 0 Å². The third-order valence-electron chi connectivity index (χ3n) is 2.44. The molecule has 0 aromatic heterocycles. The van der Waals surface area contributed by atoms with Crippen molar-refractivity contribution in [1.82, 2.24) is 0 Å². The summed E-state index contributed by atoms with van der Waals surface area (Å²) >= 11 is -2.47. The molecule has 0 saturated heterocycles. The number of rotatable bonds is 3. The first-order valence-electron chi connectivity index (χ1n) is 5.02. The van der Waals surface area contributed by atoms with Gasteiger partial charge in [-0.25, -0.2) is 0 Å². The molecule has 0 aliphatic rings. The van der Waals surface area contributed by atoms with E-state index in [0.717, 1.165) is 6.07 Å². The van der Waals surface area contributed by atoms with Crippen molar-refractivity contribution in [3.8, 4) is 11.1 Å². The largest absolute Gasteiger partial charge is 0.768 e. The van der Waals surface area contributed by atoms with Crippen LogP contribution in [0.4, 0.5) is 5.69 Å². The van der Waals surface area contributed by atoms with Crippen molar-refractivity contribution in [2.75, 3.05) is 0 Å². The summed E-state index contributed by atoms with van der Waals surface area (Å²) in [5.41, 5.74) is 0.852. The normalized spacial score (nSPS) is 12.1. The zero-order chi connectivity index (χ0) is 13.1. The van der Waals surface area contributed by atoms with E-state index in [9.17, 15) is 18.9 Å². The second-order valence-corrected chi connectivity index (χ2v) is 4.48. The molecular formula is C12H8NO4S-. The fraction of sp³-hybridized carbons (Fsp3) is 0. The van der Waals surface area contributed by atoms with E-state index in [0.29, 0.717) is 11.1 Å². The Labute approximate surface area is 106 Å². The molecule has 5 nitrogen and oxygen atoms in total. The van der Waals surface area contributed by atoms with Gasteiger partial charge in [-0.2, -0.15) is 0 Å². The van der Waals surface area contributed by atoms with Crippen LogP contribution in [0.15, 0.2) is 53.4 Å². The maximum Gasteiger partial charge on any atom is 0.278 e. The molecule has 0 spiro atoms. The molecule has 0 bridgehead atoms. The summed E-state index contributed by atoms with van der Waals surface area (Å²) in [5, 5.41) is 11.0. The van der Waals surface area contributed by atoms with Gasteiger partial charge in [-0.05, 0) is 28.8 Å². The lowest BCUT2D eigenvalue weighted by Crippen LogP contribution is -1.96. The Hall–Kier alpha value is -2.05. The van der Waals surface area contributed by atoms with E-state index in [1.165, 1.54) is 12.1 Å². The van der Waals surface area contributed by atoms with E-state index >= 15 is 0 Å². The van der Waals surface area contributed by atoms with Crippen LogP contribution >= 0.6 is 0 Å². The highest BCUT2D eigenvalue weighted by Gasteiger charge is 2.16. The van der Waals surface area contributed by atoms with Crippen molar-refractivity contribution < 1.29 is 13.7 Å². The minimum atomic E-state index is -2.47. The predicted octanol–water partition coefficient (Wildman–Crippen LogP) is 2.50. The molecule has 92 valence electrons. The first kappa shape index (κ1) is 12.4. The Bertz CT molecular complexity index is 613. The third kappa shape index (κ3) is 2.44. The average Bonchev–Trinajstić information content (AvgIpc) is 2.39. The van der Waals surface area contributed by atoms with Gasteiger partial charge in [-0.15, -0.1) is 0 Å².